The lowest BCUT2D eigenvalue weighted by Gasteiger charge is -2.31. The molecule has 0 radical (unpaired) electrons. The Kier molecular flexibility index (Phi) is 4.70. The van der Waals surface area contributed by atoms with Crippen LogP contribution in [0.1, 0.15) is 26.7 Å². The van der Waals surface area contributed by atoms with E-state index in [9.17, 15) is 9.50 Å². The standard InChI is InChI=1S/C20H23FN4O2/c1-13(2)27-17-5-3-4-15(21)20(17)16-10-23-18-11-22-12-19(25(16)18)24-8-6-14(26)7-9-24/h3-5,10-14,26H,6-9H2,1-2H3. The minimum absolute atomic E-state index is 0.0746. The molecule has 0 bridgehead atoms. The van der Waals surface area contributed by atoms with Crippen LogP contribution in [-0.4, -0.2) is 44.8 Å². The third-order valence-corrected chi connectivity index (χ3v) is 4.78. The zero-order valence-corrected chi connectivity index (χ0v) is 15.5. The molecule has 1 aromatic carbocycles. The van der Waals surface area contributed by atoms with Gasteiger partial charge in [0, 0.05) is 13.1 Å². The second-order valence-corrected chi connectivity index (χ2v) is 7.10. The normalized spacial score (nSPS) is 15.7. The number of anilines is 1. The molecule has 1 aliphatic heterocycles. The Morgan fingerprint density at radius 1 is 1.19 bits per heavy atom. The summed E-state index contributed by atoms with van der Waals surface area (Å²) in [5.41, 5.74) is 1.66. The van der Waals surface area contributed by atoms with Crippen LogP contribution in [-0.2, 0) is 0 Å². The van der Waals surface area contributed by atoms with Gasteiger partial charge in [0.2, 0.25) is 0 Å². The van der Waals surface area contributed by atoms with Gasteiger partial charge in [-0.15, -0.1) is 0 Å². The Bertz CT molecular complexity index is 948. The van der Waals surface area contributed by atoms with Crippen molar-refractivity contribution in [2.24, 2.45) is 0 Å². The summed E-state index contributed by atoms with van der Waals surface area (Å²) in [5, 5.41) is 9.81. The maximum absolute atomic E-state index is 14.8. The quantitative estimate of drug-likeness (QED) is 0.764. The van der Waals surface area contributed by atoms with Crippen molar-refractivity contribution in [3.8, 4) is 17.0 Å². The summed E-state index contributed by atoms with van der Waals surface area (Å²) in [6, 6.07) is 4.85. The van der Waals surface area contributed by atoms with E-state index in [0.717, 1.165) is 5.82 Å². The molecule has 27 heavy (non-hydrogen) atoms. The number of benzene rings is 1. The highest BCUT2D eigenvalue weighted by atomic mass is 19.1. The van der Waals surface area contributed by atoms with E-state index in [-0.39, 0.29) is 18.0 Å². The van der Waals surface area contributed by atoms with E-state index >= 15 is 0 Å². The van der Waals surface area contributed by atoms with Crippen molar-refractivity contribution < 1.29 is 14.2 Å². The number of hydrogen-bond donors (Lipinski definition) is 1. The Morgan fingerprint density at radius 3 is 2.70 bits per heavy atom. The molecule has 1 saturated heterocycles. The largest absolute Gasteiger partial charge is 0.490 e. The molecule has 0 amide bonds. The van der Waals surface area contributed by atoms with Crippen LogP contribution >= 0.6 is 0 Å². The van der Waals surface area contributed by atoms with Crippen molar-refractivity contribution in [1.82, 2.24) is 14.4 Å². The number of nitrogens with zero attached hydrogens (tertiary/aromatic N) is 4. The third kappa shape index (κ3) is 3.35. The fourth-order valence-electron chi connectivity index (χ4n) is 3.53. The van der Waals surface area contributed by atoms with E-state index in [1.807, 2.05) is 18.2 Å². The van der Waals surface area contributed by atoms with Crippen molar-refractivity contribution in [1.29, 1.82) is 0 Å². The van der Waals surface area contributed by atoms with Crippen molar-refractivity contribution in [2.75, 3.05) is 18.0 Å². The number of hydrogen-bond acceptors (Lipinski definition) is 5. The average molecular weight is 370 g/mol. The third-order valence-electron chi connectivity index (χ3n) is 4.78. The molecular formula is C20H23FN4O2. The van der Waals surface area contributed by atoms with Crippen LogP contribution in [0, 0.1) is 5.82 Å². The predicted molar refractivity (Wildman–Crippen MR) is 102 cm³/mol. The molecule has 3 heterocycles. The number of piperidine rings is 1. The first-order valence-electron chi connectivity index (χ1n) is 9.24. The molecule has 7 heteroatoms. The minimum Gasteiger partial charge on any atom is -0.490 e. The van der Waals surface area contributed by atoms with Crippen molar-refractivity contribution >= 4 is 11.5 Å². The van der Waals surface area contributed by atoms with Crippen LogP contribution < -0.4 is 9.64 Å². The minimum atomic E-state index is -0.355. The van der Waals surface area contributed by atoms with Gasteiger partial charge in [0.05, 0.1) is 42.1 Å². The molecule has 4 rings (SSSR count). The number of fused-ring (bicyclic) bond motifs is 1. The summed E-state index contributed by atoms with van der Waals surface area (Å²) in [4.78, 5) is 10.9. The molecule has 1 N–H and O–H groups in total. The molecule has 142 valence electrons. The Hall–Kier alpha value is -2.67. The molecular weight excluding hydrogens is 347 g/mol. The molecule has 1 fully saturated rings. The molecule has 0 atom stereocenters. The smallest absolute Gasteiger partial charge is 0.157 e. The monoisotopic (exact) mass is 370 g/mol. The highest BCUT2D eigenvalue weighted by Crippen LogP contribution is 2.35. The summed E-state index contributed by atoms with van der Waals surface area (Å²) >= 11 is 0. The van der Waals surface area contributed by atoms with E-state index in [0.29, 0.717) is 48.6 Å². The average Bonchev–Trinajstić information content (AvgIpc) is 3.06. The van der Waals surface area contributed by atoms with Crippen molar-refractivity contribution in [3.05, 3.63) is 42.6 Å². The van der Waals surface area contributed by atoms with E-state index in [1.165, 1.54) is 6.07 Å². The fourth-order valence-corrected chi connectivity index (χ4v) is 3.53. The van der Waals surface area contributed by atoms with E-state index in [2.05, 4.69) is 14.9 Å². The summed E-state index contributed by atoms with van der Waals surface area (Å²) in [6.07, 6.45) is 6.13. The second-order valence-electron chi connectivity index (χ2n) is 7.10. The summed E-state index contributed by atoms with van der Waals surface area (Å²) < 4.78 is 22.6. The Balaban J connectivity index is 1.87. The molecule has 6 nitrogen and oxygen atoms in total. The number of halogens is 1. The molecule has 2 aromatic heterocycles. The molecule has 3 aromatic rings. The number of aromatic nitrogens is 3. The zero-order valence-electron chi connectivity index (χ0n) is 15.5. The number of ether oxygens (including phenoxy) is 1. The van der Waals surface area contributed by atoms with Gasteiger partial charge in [-0.1, -0.05) is 6.07 Å². The first-order chi connectivity index (χ1) is 13.0. The van der Waals surface area contributed by atoms with Crippen molar-refractivity contribution in [3.63, 3.8) is 0 Å². The van der Waals surface area contributed by atoms with Gasteiger partial charge in [-0.3, -0.25) is 9.38 Å². The highest BCUT2D eigenvalue weighted by Gasteiger charge is 2.23. The van der Waals surface area contributed by atoms with Gasteiger partial charge in [0.25, 0.3) is 0 Å². The Labute approximate surface area is 157 Å². The Morgan fingerprint density at radius 2 is 1.96 bits per heavy atom. The molecule has 0 spiro atoms. The fraction of sp³-hybridized carbons (Fsp3) is 0.400. The second kappa shape index (κ2) is 7.15. The highest BCUT2D eigenvalue weighted by molar-refractivity contribution is 5.72. The van der Waals surface area contributed by atoms with Gasteiger partial charge in [-0.2, -0.15) is 0 Å². The molecule has 1 aliphatic rings. The lowest BCUT2D eigenvalue weighted by Crippen LogP contribution is -2.37. The first kappa shape index (κ1) is 17.7. The summed E-state index contributed by atoms with van der Waals surface area (Å²) in [7, 11) is 0. The van der Waals surface area contributed by atoms with E-state index in [4.69, 9.17) is 4.74 Å². The summed E-state index contributed by atoms with van der Waals surface area (Å²) in [5.74, 6) is 0.973. The van der Waals surface area contributed by atoms with Crippen molar-refractivity contribution in [2.45, 2.75) is 38.9 Å². The lowest BCUT2D eigenvalue weighted by atomic mass is 10.1. The van der Waals surface area contributed by atoms with E-state index in [1.54, 1.807) is 30.7 Å². The molecule has 0 aliphatic carbocycles. The first-order valence-corrected chi connectivity index (χ1v) is 9.24. The van der Waals surface area contributed by atoms with Crippen LogP contribution in [0.5, 0.6) is 5.75 Å². The SMILES string of the molecule is CC(C)Oc1cccc(F)c1-c1cnc2cncc(N3CCC(O)CC3)n12. The van der Waals surface area contributed by atoms with Crippen LogP contribution in [0.4, 0.5) is 10.2 Å². The van der Waals surface area contributed by atoms with Crippen LogP contribution in [0.3, 0.4) is 0 Å². The number of aliphatic hydroxyl groups is 1. The zero-order chi connectivity index (χ0) is 19.0. The van der Waals surface area contributed by atoms with Crippen LogP contribution in [0.15, 0.2) is 36.8 Å². The maximum Gasteiger partial charge on any atom is 0.157 e. The number of aliphatic hydroxyl groups excluding tert-OH is 1. The summed E-state index contributed by atoms with van der Waals surface area (Å²) in [6.45, 7) is 5.26. The van der Waals surface area contributed by atoms with Gasteiger partial charge in [-0.25, -0.2) is 9.37 Å². The predicted octanol–water partition coefficient (Wildman–Crippen LogP) is 3.28. The molecule has 0 saturated carbocycles. The van der Waals surface area contributed by atoms with Gasteiger partial charge >= 0.3 is 0 Å². The van der Waals surface area contributed by atoms with Gasteiger partial charge < -0.3 is 14.7 Å². The van der Waals surface area contributed by atoms with Gasteiger partial charge in [-0.05, 0) is 38.8 Å². The molecule has 0 unspecified atom stereocenters. The van der Waals surface area contributed by atoms with E-state index < -0.39 is 0 Å². The van der Waals surface area contributed by atoms with Crippen LogP contribution in [0.25, 0.3) is 16.9 Å². The van der Waals surface area contributed by atoms with Gasteiger partial charge in [0.15, 0.2) is 5.65 Å². The maximum atomic E-state index is 14.8. The number of imidazole rings is 1. The number of rotatable bonds is 4. The lowest BCUT2D eigenvalue weighted by molar-refractivity contribution is 0.145. The van der Waals surface area contributed by atoms with Gasteiger partial charge in [0.1, 0.15) is 17.4 Å². The topological polar surface area (TPSA) is 62.9 Å². The van der Waals surface area contributed by atoms with Crippen LogP contribution in [0.2, 0.25) is 0 Å².